The van der Waals surface area contributed by atoms with E-state index < -0.39 is 0 Å². The highest BCUT2D eigenvalue weighted by Gasteiger charge is 2.82. The Morgan fingerprint density at radius 1 is 1.30 bits per heavy atom. The zero-order valence-corrected chi connectivity index (χ0v) is 16.3. The number of hydrogen-bond acceptors (Lipinski definition) is 3. The summed E-state index contributed by atoms with van der Waals surface area (Å²) < 4.78 is 0.755. The minimum Gasteiger partial charge on any atom is -0.392 e. The average Bonchev–Trinajstić information content (AvgIpc) is 3.06. The van der Waals surface area contributed by atoms with Gasteiger partial charge in [-0.25, -0.2) is 0 Å². The summed E-state index contributed by atoms with van der Waals surface area (Å²) in [6.07, 6.45) is 4.52. The van der Waals surface area contributed by atoms with Crippen LogP contribution < -0.4 is 4.90 Å². The number of benzene rings is 1. The molecule has 2 N–H and O–H groups in total. The number of quaternary nitrogens is 1. The third-order valence-corrected chi connectivity index (χ3v) is 9.56. The lowest BCUT2D eigenvalue weighted by Crippen LogP contribution is -2.82. The lowest BCUT2D eigenvalue weighted by atomic mass is 9.60. The van der Waals surface area contributed by atoms with Crippen LogP contribution in [-0.2, 0) is 5.41 Å². The minimum atomic E-state index is -0.321. The molecule has 0 amide bonds. The van der Waals surface area contributed by atoms with Gasteiger partial charge in [0, 0.05) is 37.4 Å². The number of anilines is 1. The van der Waals surface area contributed by atoms with Crippen molar-refractivity contribution >= 4 is 5.69 Å². The maximum atomic E-state index is 11.9. The van der Waals surface area contributed by atoms with E-state index in [2.05, 4.69) is 49.7 Å². The predicted molar refractivity (Wildman–Crippen MR) is 105 cm³/mol. The molecular weight excluding hydrogens is 336 g/mol. The summed E-state index contributed by atoms with van der Waals surface area (Å²) in [6.45, 7) is 7.10. The van der Waals surface area contributed by atoms with Crippen molar-refractivity contribution < 1.29 is 14.7 Å². The molecule has 5 aliphatic heterocycles. The van der Waals surface area contributed by atoms with E-state index in [0.29, 0.717) is 29.8 Å². The maximum absolute atomic E-state index is 11.9. The number of nitrogens with zero attached hydrogens (tertiary/aromatic N) is 2. The molecule has 5 heterocycles. The van der Waals surface area contributed by atoms with Crippen molar-refractivity contribution in [1.29, 1.82) is 0 Å². The second-order valence-corrected chi connectivity index (χ2v) is 9.83. The fourth-order valence-corrected chi connectivity index (χ4v) is 8.98. The molecule has 0 aromatic heterocycles. The van der Waals surface area contributed by atoms with Gasteiger partial charge in [0.1, 0.15) is 6.04 Å². The van der Waals surface area contributed by atoms with Crippen LogP contribution in [0.2, 0.25) is 0 Å². The monoisotopic (exact) mass is 367 g/mol. The fraction of sp³-hybridized carbons (Fsp3) is 0.652. The Morgan fingerprint density at radius 3 is 2.81 bits per heavy atom. The molecule has 0 unspecified atom stereocenters. The van der Waals surface area contributed by atoms with Gasteiger partial charge in [0.2, 0.25) is 0 Å². The number of rotatable bonds is 3. The molecule has 4 saturated heterocycles. The van der Waals surface area contributed by atoms with E-state index in [0.717, 1.165) is 30.3 Å². The predicted octanol–water partition coefficient (Wildman–Crippen LogP) is 2.26. The van der Waals surface area contributed by atoms with Crippen molar-refractivity contribution in [1.82, 2.24) is 0 Å². The SMILES string of the molecule is C=CC[N@+]12[C@H](O)[C@@H](CC)[C@@H]3C[C@H]1[C@@H]1N(C)c4ccccc4[C@]14C[C@H]2[C@H]3[C@H]4O. The van der Waals surface area contributed by atoms with Gasteiger partial charge in [-0.05, 0) is 30.0 Å². The first-order valence-corrected chi connectivity index (χ1v) is 10.7. The first-order valence-electron chi connectivity index (χ1n) is 10.7. The molecule has 5 bridgehead atoms. The molecule has 4 nitrogen and oxygen atoms in total. The summed E-state index contributed by atoms with van der Waals surface area (Å²) in [5, 5.41) is 23.5. The molecule has 144 valence electrons. The van der Waals surface area contributed by atoms with Crippen LogP contribution in [0.4, 0.5) is 5.69 Å². The third-order valence-electron chi connectivity index (χ3n) is 9.56. The van der Waals surface area contributed by atoms with E-state index >= 15 is 0 Å². The van der Waals surface area contributed by atoms with Gasteiger partial charge in [0.05, 0.1) is 30.1 Å². The quantitative estimate of drug-likeness (QED) is 0.636. The van der Waals surface area contributed by atoms with Crippen molar-refractivity contribution in [2.45, 2.75) is 62.1 Å². The number of likely N-dealkylation sites (N-methyl/N-ethyl adjacent to an activating group) is 1. The lowest BCUT2D eigenvalue weighted by molar-refractivity contribution is -1.03. The van der Waals surface area contributed by atoms with E-state index in [4.69, 9.17) is 0 Å². The summed E-state index contributed by atoms with van der Waals surface area (Å²) in [6, 6.07) is 9.71. The number of aliphatic hydroxyl groups excluding tert-OH is 2. The van der Waals surface area contributed by atoms with E-state index in [9.17, 15) is 10.2 Å². The van der Waals surface area contributed by atoms with E-state index in [-0.39, 0.29) is 23.8 Å². The van der Waals surface area contributed by atoms with Gasteiger partial charge in [0.25, 0.3) is 0 Å². The van der Waals surface area contributed by atoms with Crippen LogP contribution in [-0.4, -0.2) is 58.7 Å². The summed E-state index contributed by atoms with van der Waals surface area (Å²) in [4.78, 5) is 2.44. The number of aliphatic hydroxyl groups is 2. The van der Waals surface area contributed by atoms with Crippen LogP contribution in [0.3, 0.4) is 0 Å². The second-order valence-electron chi connectivity index (χ2n) is 9.83. The Hall–Kier alpha value is -1.36. The van der Waals surface area contributed by atoms with Crippen molar-refractivity contribution in [2.75, 3.05) is 18.5 Å². The smallest absolute Gasteiger partial charge is 0.194 e. The third kappa shape index (κ3) is 1.47. The molecule has 5 fully saturated rings. The van der Waals surface area contributed by atoms with Gasteiger partial charge in [0.15, 0.2) is 6.23 Å². The molecule has 27 heavy (non-hydrogen) atoms. The lowest BCUT2D eigenvalue weighted by Gasteiger charge is -2.67. The number of fused-ring (bicyclic) bond motifs is 2. The molecule has 10 atom stereocenters. The van der Waals surface area contributed by atoms with Crippen LogP contribution in [0.25, 0.3) is 0 Å². The first-order chi connectivity index (χ1) is 13.0. The van der Waals surface area contributed by atoms with Crippen LogP contribution in [0.5, 0.6) is 0 Å². The molecule has 6 aliphatic rings. The first kappa shape index (κ1) is 16.6. The van der Waals surface area contributed by atoms with E-state index in [1.165, 1.54) is 11.3 Å². The van der Waals surface area contributed by atoms with Crippen LogP contribution in [0, 0.1) is 17.8 Å². The largest absolute Gasteiger partial charge is 0.392 e. The van der Waals surface area contributed by atoms with Gasteiger partial charge < -0.3 is 15.1 Å². The van der Waals surface area contributed by atoms with Gasteiger partial charge in [-0.15, -0.1) is 0 Å². The molecule has 0 radical (unpaired) electrons. The molecule has 1 aromatic rings. The zero-order valence-electron chi connectivity index (χ0n) is 16.3. The molecule has 1 saturated carbocycles. The summed E-state index contributed by atoms with van der Waals surface area (Å²) in [7, 11) is 2.21. The van der Waals surface area contributed by atoms with Crippen molar-refractivity contribution in [3.05, 3.63) is 42.5 Å². The summed E-state index contributed by atoms with van der Waals surface area (Å²) in [5.74, 6) is 1.05. The standard InChI is InChI=1S/C23H31N2O2/c1-4-10-25-17-11-14(13(5-2)22(25)27)19-18(25)12-23(21(19)26)15-8-6-7-9-16(15)24(3)20(17)23/h4,6-9,13-14,17-22,26-27H,1,5,10-12H2,2-3H3/q+1/t13-,14-,17-,18-,19-,20-,21+,22+,23+,25-/m0/s1. The molecule has 7 rings (SSSR count). The van der Waals surface area contributed by atoms with Gasteiger partial charge in [-0.2, -0.15) is 0 Å². The van der Waals surface area contributed by atoms with Crippen molar-refractivity contribution in [3.8, 4) is 0 Å². The Morgan fingerprint density at radius 2 is 2.07 bits per heavy atom. The van der Waals surface area contributed by atoms with Crippen LogP contribution >= 0.6 is 0 Å². The Labute approximate surface area is 161 Å². The topological polar surface area (TPSA) is 43.7 Å². The minimum absolute atomic E-state index is 0.161. The molecule has 1 aliphatic carbocycles. The Kier molecular flexibility index (Phi) is 3.05. The number of piperidine rings is 4. The zero-order chi connectivity index (χ0) is 18.7. The molecular formula is C23H31N2O2+. The summed E-state index contributed by atoms with van der Waals surface area (Å²) in [5.41, 5.74) is 2.47. The van der Waals surface area contributed by atoms with Crippen molar-refractivity contribution in [2.24, 2.45) is 17.8 Å². The van der Waals surface area contributed by atoms with Gasteiger partial charge >= 0.3 is 0 Å². The molecule has 4 heteroatoms. The Bertz CT molecular complexity index is 826. The van der Waals surface area contributed by atoms with Crippen LogP contribution in [0.15, 0.2) is 36.9 Å². The van der Waals surface area contributed by atoms with E-state index in [1.54, 1.807) is 0 Å². The van der Waals surface area contributed by atoms with E-state index in [1.807, 2.05) is 6.08 Å². The Balaban J connectivity index is 1.63. The fourth-order valence-electron chi connectivity index (χ4n) is 8.98. The van der Waals surface area contributed by atoms with Crippen molar-refractivity contribution in [3.63, 3.8) is 0 Å². The molecule has 1 aromatic carbocycles. The maximum Gasteiger partial charge on any atom is 0.194 e. The highest BCUT2D eigenvalue weighted by atomic mass is 16.3. The average molecular weight is 368 g/mol. The highest BCUT2D eigenvalue weighted by molar-refractivity contribution is 5.66. The number of hydrogen-bond donors (Lipinski definition) is 2. The normalized spacial score (nSPS) is 53.6. The number of para-hydroxylation sites is 1. The van der Waals surface area contributed by atoms with Gasteiger partial charge in [-0.1, -0.05) is 31.7 Å². The molecule has 1 spiro atoms. The highest BCUT2D eigenvalue weighted by Crippen LogP contribution is 2.71. The van der Waals surface area contributed by atoms with Gasteiger partial charge in [-0.3, -0.25) is 4.48 Å². The second kappa shape index (κ2) is 4.97. The van der Waals surface area contributed by atoms with Crippen LogP contribution in [0.1, 0.15) is 31.7 Å². The summed E-state index contributed by atoms with van der Waals surface area (Å²) >= 11 is 0.